The normalized spacial score (nSPS) is 17.4. The Bertz CT molecular complexity index is 572. The van der Waals surface area contributed by atoms with Gasteiger partial charge in [0.05, 0.1) is 18.7 Å². The van der Waals surface area contributed by atoms with Crippen molar-refractivity contribution in [3.63, 3.8) is 0 Å². The van der Waals surface area contributed by atoms with E-state index in [1.54, 1.807) is 19.2 Å². The summed E-state index contributed by atoms with van der Waals surface area (Å²) in [4.78, 5) is 12.4. The van der Waals surface area contributed by atoms with E-state index in [0.717, 1.165) is 19.5 Å². The summed E-state index contributed by atoms with van der Waals surface area (Å²) in [6.07, 6.45) is 3.42. The van der Waals surface area contributed by atoms with Crippen molar-refractivity contribution >= 4 is 17.5 Å². The molecule has 0 bridgehead atoms. The van der Waals surface area contributed by atoms with Crippen LogP contribution < -0.4 is 20.1 Å². The first kappa shape index (κ1) is 19.9. The molecule has 0 aliphatic carbocycles. The van der Waals surface area contributed by atoms with Crippen LogP contribution in [0.15, 0.2) is 12.1 Å². The fraction of sp³-hybridized carbons (Fsp3) is 0.632. The quantitative estimate of drug-likeness (QED) is 0.737. The van der Waals surface area contributed by atoms with Crippen LogP contribution in [0.2, 0.25) is 5.02 Å². The Morgan fingerprint density at radius 1 is 1.44 bits per heavy atom. The molecule has 2 N–H and O–H groups in total. The number of carbonyl (C=O) groups is 1. The van der Waals surface area contributed by atoms with Crippen molar-refractivity contribution in [3.05, 3.63) is 22.7 Å². The summed E-state index contributed by atoms with van der Waals surface area (Å²) < 4.78 is 11.1. The minimum atomic E-state index is -0.139. The van der Waals surface area contributed by atoms with E-state index in [0.29, 0.717) is 47.1 Å². The smallest absolute Gasteiger partial charge is 0.251 e. The lowest BCUT2D eigenvalue weighted by Crippen LogP contribution is -2.33. The molecule has 1 aliphatic rings. The lowest BCUT2D eigenvalue weighted by Gasteiger charge is -2.22. The van der Waals surface area contributed by atoms with Gasteiger partial charge in [0.15, 0.2) is 11.5 Å². The van der Waals surface area contributed by atoms with Gasteiger partial charge >= 0.3 is 0 Å². The van der Waals surface area contributed by atoms with Gasteiger partial charge in [-0.05, 0) is 56.3 Å². The summed E-state index contributed by atoms with van der Waals surface area (Å²) in [7, 11) is 1.55. The standard InChI is InChI=1S/C19H29ClN2O3/c1-13(2)12-25-18-16(20)9-15(10-17(18)24-3)19(23)22-8-6-14-5-4-7-21-11-14/h9-10,13-14,21H,4-8,11-12H2,1-3H3,(H,22,23). The molecule has 1 aromatic carbocycles. The lowest BCUT2D eigenvalue weighted by atomic mass is 9.96. The molecule has 0 saturated carbocycles. The molecule has 0 radical (unpaired) electrons. The van der Waals surface area contributed by atoms with Crippen molar-refractivity contribution in [1.29, 1.82) is 0 Å². The summed E-state index contributed by atoms with van der Waals surface area (Å²) in [5.41, 5.74) is 0.487. The Morgan fingerprint density at radius 2 is 2.24 bits per heavy atom. The average molecular weight is 369 g/mol. The molecule has 1 atom stereocenters. The molecular weight excluding hydrogens is 340 g/mol. The number of carbonyl (C=O) groups excluding carboxylic acids is 1. The monoisotopic (exact) mass is 368 g/mol. The first-order valence-corrected chi connectivity index (χ1v) is 9.38. The molecule has 0 aromatic heterocycles. The zero-order valence-electron chi connectivity index (χ0n) is 15.4. The number of benzene rings is 1. The molecule has 25 heavy (non-hydrogen) atoms. The number of nitrogens with one attached hydrogen (secondary N) is 2. The minimum Gasteiger partial charge on any atom is -0.493 e. The third-order valence-electron chi connectivity index (χ3n) is 4.29. The number of ether oxygens (including phenoxy) is 2. The number of hydrogen-bond donors (Lipinski definition) is 2. The number of hydrogen-bond acceptors (Lipinski definition) is 4. The molecule has 1 saturated heterocycles. The molecule has 1 heterocycles. The number of halogens is 1. The van der Waals surface area contributed by atoms with Crippen LogP contribution in [0.1, 0.15) is 43.5 Å². The Balaban J connectivity index is 1.95. The van der Waals surface area contributed by atoms with Gasteiger partial charge in [-0.3, -0.25) is 4.79 Å². The highest BCUT2D eigenvalue weighted by Gasteiger charge is 2.17. The second kappa shape index (κ2) is 9.88. The van der Waals surface area contributed by atoms with Crippen LogP contribution in [0.5, 0.6) is 11.5 Å². The molecular formula is C19H29ClN2O3. The minimum absolute atomic E-state index is 0.139. The van der Waals surface area contributed by atoms with Gasteiger partial charge in [-0.15, -0.1) is 0 Å². The molecule has 0 spiro atoms. The Hall–Kier alpha value is -1.46. The number of methoxy groups -OCH3 is 1. The predicted molar refractivity (Wildman–Crippen MR) is 101 cm³/mol. The van der Waals surface area contributed by atoms with Crippen LogP contribution in [0.25, 0.3) is 0 Å². The van der Waals surface area contributed by atoms with Crippen molar-refractivity contribution in [2.45, 2.75) is 33.1 Å². The van der Waals surface area contributed by atoms with Gasteiger partial charge in [0.25, 0.3) is 5.91 Å². The molecule has 140 valence electrons. The van der Waals surface area contributed by atoms with Crippen LogP contribution in [-0.2, 0) is 0 Å². The molecule has 1 fully saturated rings. The van der Waals surface area contributed by atoms with Gasteiger partial charge in [-0.2, -0.15) is 0 Å². The highest BCUT2D eigenvalue weighted by atomic mass is 35.5. The maximum absolute atomic E-state index is 12.4. The van der Waals surface area contributed by atoms with Gasteiger partial charge in [0.2, 0.25) is 0 Å². The summed E-state index contributed by atoms with van der Waals surface area (Å²) in [5, 5.41) is 6.76. The van der Waals surface area contributed by atoms with E-state index in [-0.39, 0.29) is 5.91 Å². The summed E-state index contributed by atoms with van der Waals surface area (Å²) >= 11 is 6.30. The zero-order valence-corrected chi connectivity index (χ0v) is 16.1. The van der Waals surface area contributed by atoms with Crippen LogP contribution >= 0.6 is 11.6 Å². The molecule has 6 heteroatoms. The Labute approximate surface area is 155 Å². The summed E-state index contributed by atoms with van der Waals surface area (Å²) in [6, 6.07) is 3.32. The third-order valence-corrected chi connectivity index (χ3v) is 4.57. The summed E-state index contributed by atoms with van der Waals surface area (Å²) in [5.74, 6) is 1.84. The Kier molecular flexibility index (Phi) is 7.85. The number of amides is 1. The van der Waals surface area contributed by atoms with Crippen LogP contribution in [0, 0.1) is 11.8 Å². The highest BCUT2D eigenvalue weighted by molar-refractivity contribution is 6.32. The molecule has 1 unspecified atom stereocenters. The van der Waals surface area contributed by atoms with Gasteiger partial charge in [-0.25, -0.2) is 0 Å². The first-order chi connectivity index (χ1) is 12.0. The predicted octanol–water partition coefficient (Wildman–Crippen LogP) is 3.50. The van der Waals surface area contributed by atoms with Gasteiger partial charge in [0, 0.05) is 12.1 Å². The van der Waals surface area contributed by atoms with Crippen LogP contribution in [-0.4, -0.2) is 39.3 Å². The second-order valence-electron chi connectivity index (χ2n) is 6.95. The Morgan fingerprint density at radius 3 is 2.88 bits per heavy atom. The van der Waals surface area contributed by atoms with Crippen molar-refractivity contribution < 1.29 is 14.3 Å². The maximum atomic E-state index is 12.4. The molecule has 1 amide bonds. The second-order valence-corrected chi connectivity index (χ2v) is 7.36. The first-order valence-electron chi connectivity index (χ1n) is 9.00. The van der Waals surface area contributed by atoms with E-state index in [4.69, 9.17) is 21.1 Å². The van der Waals surface area contributed by atoms with E-state index in [9.17, 15) is 4.79 Å². The number of rotatable bonds is 8. The summed E-state index contributed by atoms with van der Waals surface area (Å²) in [6.45, 7) is 7.46. The SMILES string of the molecule is COc1cc(C(=O)NCCC2CCCNC2)cc(Cl)c1OCC(C)C. The average Bonchev–Trinajstić information content (AvgIpc) is 2.60. The molecule has 5 nitrogen and oxygen atoms in total. The van der Waals surface area contributed by atoms with Crippen LogP contribution in [0.4, 0.5) is 0 Å². The zero-order chi connectivity index (χ0) is 18.2. The van der Waals surface area contributed by atoms with Crippen molar-refractivity contribution in [2.24, 2.45) is 11.8 Å². The largest absolute Gasteiger partial charge is 0.493 e. The van der Waals surface area contributed by atoms with Crippen LogP contribution in [0.3, 0.4) is 0 Å². The fourth-order valence-corrected chi connectivity index (χ4v) is 3.17. The van der Waals surface area contributed by atoms with Crippen molar-refractivity contribution in [2.75, 3.05) is 33.4 Å². The maximum Gasteiger partial charge on any atom is 0.251 e. The highest BCUT2D eigenvalue weighted by Crippen LogP contribution is 2.36. The van der Waals surface area contributed by atoms with Gasteiger partial charge in [-0.1, -0.05) is 25.4 Å². The molecule has 1 aromatic rings. The van der Waals surface area contributed by atoms with Gasteiger partial charge < -0.3 is 20.1 Å². The fourth-order valence-electron chi connectivity index (χ4n) is 2.90. The van der Waals surface area contributed by atoms with E-state index in [2.05, 4.69) is 24.5 Å². The lowest BCUT2D eigenvalue weighted by molar-refractivity contribution is 0.0950. The van der Waals surface area contributed by atoms with E-state index in [1.165, 1.54) is 12.8 Å². The third kappa shape index (κ3) is 6.08. The van der Waals surface area contributed by atoms with Gasteiger partial charge in [0.1, 0.15) is 0 Å². The van der Waals surface area contributed by atoms with E-state index in [1.807, 2.05) is 0 Å². The molecule has 1 aliphatic heterocycles. The molecule has 2 rings (SSSR count). The number of piperidine rings is 1. The van der Waals surface area contributed by atoms with E-state index >= 15 is 0 Å². The van der Waals surface area contributed by atoms with E-state index < -0.39 is 0 Å². The topological polar surface area (TPSA) is 59.6 Å². The van der Waals surface area contributed by atoms with Crippen molar-refractivity contribution in [1.82, 2.24) is 10.6 Å². The van der Waals surface area contributed by atoms with Crippen molar-refractivity contribution in [3.8, 4) is 11.5 Å².